The first-order valence-electron chi connectivity index (χ1n) is 12.6. The molecule has 0 bridgehead atoms. The van der Waals surface area contributed by atoms with Gasteiger partial charge in [-0.1, -0.05) is 89.1 Å². The fourth-order valence-corrected chi connectivity index (χ4v) is 3.81. The SMILES string of the molecule is CCCCCCCCCCCCCC[C@H](OCOC)[C@@H](OCOC)[C@H](COCOC)N=[N+]=[N-]. The van der Waals surface area contributed by atoms with Crippen LogP contribution in [-0.2, 0) is 28.4 Å². The predicted octanol–water partition coefficient (Wildman–Crippen LogP) is 6.36. The van der Waals surface area contributed by atoms with Crippen LogP contribution in [0.25, 0.3) is 10.4 Å². The number of hydrogen-bond donors (Lipinski definition) is 0. The number of unbranched alkanes of at least 4 members (excludes halogenated alkanes) is 11. The Labute approximate surface area is 201 Å². The summed E-state index contributed by atoms with van der Waals surface area (Å²) in [6.07, 6.45) is 15.4. The number of hydrogen-bond acceptors (Lipinski definition) is 7. The van der Waals surface area contributed by atoms with Gasteiger partial charge in [0, 0.05) is 26.2 Å². The smallest absolute Gasteiger partial charge is 0.146 e. The van der Waals surface area contributed by atoms with E-state index < -0.39 is 12.1 Å². The van der Waals surface area contributed by atoms with Crippen LogP contribution in [0.2, 0.25) is 0 Å². The van der Waals surface area contributed by atoms with Gasteiger partial charge in [-0.05, 0) is 12.0 Å². The average Bonchev–Trinajstić information content (AvgIpc) is 2.82. The lowest BCUT2D eigenvalue weighted by Crippen LogP contribution is -2.43. The zero-order valence-corrected chi connectivity index (χ0v) is 21.5. The first kappa shape index (κ1) is 32.1. The summed E-state index contributed by atoms with van der Waals surface area (Å²) in [7, 11) is 4.68. The third-order valence-corrected chi connectivity index (χ3v) is 5.56. The molecule has 0 radical (unpaired) electrons. The Morgan fingerprint density at radius 1 is 0.697 bits per heavy atom. The van der Waals surface area contributed by atoms with Crippen molar-refractivity contribution in [2.75, 3.05) is 48.3 Å². The van der Waals surface area contributed by atoms with E-state index in [2.05, 4.69) is 16.9 Å². The maximum atomic E-state index is 9.03. The van der Waals surface area contributed by atoms with Crippen molar-refractivity contribution in [3.8, 4) is 0 Å². The van der Waals surface area contributed by atoms with Crippen molar-refractivity contribution in [2.24, 2.45) is 5.11 Å². The zero-order valence-electron chi connectivity index (χ0n) is 21.5. The van der Waals surface area contributed by atoms with Crippen LogP contribution in [0.15, 0.2) is 5.11 Å². The minimum atomic E-state index is -0.570. The minimum Gasteiger partial charge on any atom is -0.359 e. The van der Waals surface area contributed by atoms with E-state index in [0.29, 0.717) is 0 Å². The molecular formula is C24H49N3O6. The Bertz CT molecular complexity index is 452. The topological polar surface area (TPSA) is 104 Å². The molecule has 3 atom stereocenters. The molecule has 0 saturated carbocycles. The summed E-state index contributed by atoms with van der Waals surface area (Å²) in [6.45, 7) is 2.73. The van der Waals surface area contributed by atoms with E-state index in [0.717, 1.165) is 19.3 Å². The Hall–Kier alpha value is -0.930. The highest BCUT2D eigenvalue weighted by Gasteiger charge is 2.31. The van der Waals surface area contributed by atoms with Crippen LogP contribution >= 0.6 is 0 Å². The van der Waals surface area contributed by atoms with Crippen molar-refractivity contribution >= 4 is 0 Å². The van der Waals surface area contributed by atoms with Gasteiger partial charge in [-0.25, -0.2) is 0 Å². The van der Waals surface area contributed by atoms with E-state index >= 15 is 0 Å². The minimum absolute atomic E-state index is 0.0671. The first-order chi connectivity index (χ1) is 16.2. The molecule has 196 valence electrons. The number of ether oxygens (including phenoxy) is 6. The molecule has 0 aliphatic heterocycles. The van der Waals surface area contributed by atoms with E-state index in [4.69, 9.17) is 34.0 Å². The summed E-state index contributed by atoms with van der Waals surface area (Å²) >= 11 is 0. The van der Waals surface area contributed by atoms with Gasteiger partial charge < -0.3 is 28.4 Å². The molecule has 0 fully saturated rings. The lowest BCUT2D eigenvalue weighted by Gasteiger charge is -2.31. The summed E-state index contributed by atoms with van der Waals surface area (Å²) in [6, 6.07) is -0.570. The van der Waals surface area contributed by atoms with Gasteiger partial charge in [0.15, 0.2) is 0 Å². The summed E-state index contributed by atoms with van der Waals surface area (Å²) in [4.78, 5) is 2.97. The third-order valence-electron chi connectivity index (χ3n) is 5.56. The summed E-state index contributed by atoms with van der Waals surface area (Å²) in [5.41, 5.74) is 9.03. The normalized spacial score (nSPS) is 14.1. The van der Waals surface area contributed by atoms with E-state index in [-0.39, 0.29) is 33.1 Å². The fraction of sp³-hybridized carbons (Fsp3) is 1.00. The second kappa shape index (κ2) is 25.7. The molecule has 0 N–H and O–H groups in total. The molecular weight excluding hydrogens is 426 g/mol. The monoisotopic (exact) mass is 475 g/mol. The second-order valence-corrected chi connectivity index (χ2v) is 8.38. The molecule has 0 amide bonds. The van der Waals surface area contributed by atoms with E-state index in [1.54, 1.807) is 21.3 Å². The highest BCUT2D eigenvalue weighted by molar-refractivity contribution is 4.84. The van der Waals surface area contributed by atoms with Crippen molar-refractivity contribution in [3.63, 3.8) is 0 Å². The molecule has 9 nitrogen and oxygen atoms in total. The maximum absolute atomic E-state index is 9.03. The van der Waals surface area contributed by atoms with E-state index in [1.807, 2.05) is 0 Å². The Kier molecular flexibility index (Phi) is 25.0. The molecule has 0 rings (SSSR count). The van der Waals surface area contributed by atoms with Gasteiger partial charge in [-0.3, -0.25) is 0 Å². The molecule has 0 aromatic rings. The predicted molar refractivity (Wildman–Crippen MR) is 130 cm³/mol. The van der Waals surface area contributed by atoms with Crippen LogP contribution in [0.4, 0.5) is 0 Å². The molecule has 0 aliphatic rings. The third kappa shape index (κ3) is 19.1. The van der Waals surface area contributed by atoms with Gasteiger partial charge in [0.05, 0.1) is 24.9 Å². The number of methoxy groups -OCH3 is 3. The van der Waals surface area contributed by atoms with Crippen molar-refractivity contribution in [2.45, 2.75) is 109 Å². The second-order valence-electron chi connectivity index (χ2n) is 8.38. The van der Waals surface area contributed by atoms with Crippen LogP contribution in [0, 0.1) is 0 Å². The quantitative estimate of drug-likeness (QED) is 0.0474. The van der Waals surface area contributed by atoms with Gasteiger partial charge >= 0.3 is 0 Å². The van der Waals surface area contributed by atoms with Gasteiger partial charge in [0.2, 0.25) is 0 Å². The molecule has 0 aromatic heterocycles. The first-order valence-corrected chi connectivity index (χ1v) is 12.6. The summed E-state index contributed by atoms with van der Waals surface area (Å²) in [5.74, 6) is 0. The number of azide groups is 1. The molecule has 0 aliphatic carbocycles. The van der Waals surface area contributed by atoms with Gasteiger partial charge in [-0.2, -0.15) is 0 Å². The maximum Gasteiger partial charge on any atom is 0.146 e. The number of rotatable bonds is 26. The van der Waals surface area contributed by atoms with Gasteiger partial charge in [-0.15, -0.1) is 0 Å². The molecule has 0 heterocycles. The molecule has 9 heteroatoms. The lowest BCUT2D eigenvalue weighted by atomic mass is 9.99. The van der Waals surface area contributed by atoms with Gasteiger partial charge in [0.25, 0.3) is 0 Å². The fourth-order valence-electron chi connectivity index (χ4n) is 3.81. The Morgan fingerprint density at radius 2 is 1.21 bits per heavy atom. The average molecular weight is 476 g/mol. The van der Waals surface area contributed by atoms with Crippen molar-refractivity contribution in [3.05, 3.63) is 10.4 Å². The van der Waals surface area contributed by atoms with Crippen molar-refractivity contribution in [1.29, 1.82) is 0 Å². The molecule has 0 spiro atoms. The van der Waals surface area contributed by atoms with Crippen LogP contribution in [-0.4, -0.2) is 66.6 Å². The molecule has 0 unspecified atom stereocenters. The Morgan fingerprint density at radius 3 is 1.73 bits per heavy atom. The molecule has 0 saturated heterocycles. The molecule has 0 aromatic carbocycles. The van der Waals surface area contributed by atoms with Crippen LogP contribution < -0.4 is 0 Å². The van der Waals surface area contributed by atoms with Crippen LogP contribution in [0.1, 0.15) is 90.4 Å². The van der Waals surface area contributed by atoms with Crippen LogP contribution in [0.3, 0.4) is 0 Å². The highest BCUT2D eigenvalue weighted by atomic mass is 16.7. The summed E-state index contributed by atoms with van der Waals surface area (Å²) in [5, 5.41) is 3.89. The molecule has 33 heavy (non-hydrogen) atoms. The van der Waals surface area contributed by atoms with E-state index in [9.17, 15) is 0 Å². The lowest BCUT2D eigenvalue weighted by molar-refractivity contribution is -0.171. The zero-order chi connectivity index (χ0) is 24.4. The van der Waals surface area contributed by atoms with Crippen LogP contribution in [0.5, 0.6) is 0 Å². The van der Waals surface area contributed by atoms with Crippen molar-refractivity contribution in [1.82, 2.24) is 0 Å². The highest BCUT2D eigenvalue weighted by Crippen LogP contribution is 2.20. The Balaban J connectivity index is 4.48. The van der Waals surface area contributed by atoms with E-state index in [1.165, 1.54) is 64.2 Å². The number of nitrogens with zero attached hydrogens (tertiary/aromatic N) is 3. The van der Waals surface area contributed by atoms with Crippen molar-refractivity contribution < 1.29 is 28.4 Å². The van der Waals surface area contributed by atoms with Gasteiger partial charge in [0.1, 0.15) is 20.4 Å². The summed E-state index contributed by atoms with van der Waals surface area (Å²) < 4.78 is 32.3. The largest absolute Gasteiger partial charge is 0.359 e. The standard InChI is InChI=1S/C24H49N3O6/c1-5-6-7-8-9-10-11-12-13-14-15-16-17-23(32-20-29-3)24(33-21-30-4)22(26-27-25)18-31-19-28-2/h22-24H,5-21H2,1-4H3/t22-,23-,24-/m0/s1.